The number of benzene rings is 1. The highest BCUT2D eigenvalue weighted by atomic mass is 16.5. The van der Waals surface area contributed by atoms with Gasteiger partial charge >= 0.3 is 6.01 Å². The summed E-state index contributed by atoms with van der Waals surface area (Å²) in [6.45, 7) is 9.01. The number of hydrogen-bond donors (Lipinski definition) is 0. The topological polar surface area (TPSA) is 57.0 Å². The maximum absolute atomic E-state index is 13.9. The van der Waals surface area contributed by atoms with E-state index in [0.29, 0.717) is 36.2 Å². The summed E-state index contributed by atoms with van der Waals surface area (Å²) in [5.74, 6) is 2.88. The summed E-state index contributed by atoms with van der Waals surface area (Å²) < 4.78 is 7.17. The van der Waals surface area contributed by atoms with Gasteiger partial charge in [-0.15, -0.1) is 5.10 Å². The van der Waals surface area contributed by atoms with Crippen LogP contribution in [0.3, 0.4) is 0 Å². The molecule has 4 aliphatic rings. The smallest absolute Gasteiger partial charge is 0.336 e. The maximum Gasteiger partial charge on any atom is 0.336 e. The summed E-state index contributed by atoms with van der Waals surface area (Å²) in [6.07, 6.45) is 7.00. The van der Waals surface area contributed by atoms with Crippen LogP contribution >= 0.6 is 0 Å². The molecule has 0 N–H and O–H groups in total. The normalized spacial score (nSPS) is 29.9. The summed E-state index contributed by atoms with van der Waals surface area (Å²) >= 11 is 0. The molecule has 30 heavy (non-hydrogen) atoms. The van der Waals surface area contributed by atoms with Gasteiger partial charge in [-0.05, 0) is 74.2 Å². The van der Waals surface area contributed by atoms with Crippen LogP contribution in [0.15, 0.2) is 24.3 Å². The number of carbonyl (C=O) groups is 1. The second kappa shape index (κ2) is 6.93. The summed E-state index contributed by atoms with van der Waals surface area (Å²) in [4.78, 5) is 18.6. The quantitative estimate of drug-likeness (QED) is 0.672. The van der Waals surface area contributed by atoms with Crippen molar-refractivity contribution in [3.63, 3.8) is 0 Å². The molecule has 0 aliphatic heterocycles. The SMILES string of the molecule is CCOc1nc(-c2ccc(C(C)(C)C)cc2)n(C(=O)C23CC4CC(CC(C4)C2)C3)n1. The van der Waals surface area contributed by atoms with Gasteiger partial charge in [0, 0.05) is 5.56 Å². The van der Waals surface area contributed by atoms with E-state index in [1.54, 1.807) is 4.68 Å². The minimum Gasteiger partial charge on any atom is -0.463 e. The lowest BCUT2D eigenvalue weighted by Gasteiger charge is -2.55. The molecule has 4 saturated carbocycles. The average Bonchev–Trinajstić information content (AvgIpc) is 3.10. The van der Waals surface area contributed by atoms with Crippen LogP contribution in [0.5, 0.6) is 6.01 Å². The number of carbonyl (C=O) groups excluding carboxylic acids is 1. The zero-order chi connectivity index (χ0) is 21.1. The van der Waals surface area contributed by atoms with E-state index >= 15 is 0 Å². The van der Waals surface area contributed by atoms with E-state index in [0.717, 1.165) is 24.8 Å². The summed E-state index contributed by atoms with van der Waals surface area (Å²) in [5, 5.41) is 4.54. The van der Waals surface area contributed by atoms with Gasteiger partial charge in [-0.2, -0.15) is 9.67 Å². The predicted molar refractivity (Wildman–Crippen MR) is 117 cm³/mol. The molecule has 160 valence electrons. The highest BCUT2D eigenvalue weighted by molar-refractivity contribution is 5.88. The van der Waals surface area contributed by atoms with Crippen LogP contribution in [0, 0.1) is 23.2 Å². The van der Waals surface area contributed by atoms with Gasteiger partial charge < -0.3 is 4.74 Å². The zero-order valence-corrected chi connectivity index (χ0v) is 18.6. The van der Waals surface area contributed by atoms with Crippen molar-refractivity contribution in [2.45, 2.75) is 71.6 Å². The van der Waals surface area contributed by atoms with E-state index in [1.807, 2.05) is 6.92 Å². The standard InChI is InChI=1S/C25H33N3O2/c1-5-30-23-26-21(19-6-8-20(9-7-19)24(2,3)4)28(27-23)22(29)25-13-16-10-17(14-25)12-18(11-16)15-25/h6-9,16-18H,5,10-15H2,1-4H3. The van der Waals surface area contributed by atoms with Gasteiger partial charge in [0.25, 0.3) is 5.91 Å². The number of nitrogens with zero attached hydrogens (tertiary/aromatic N) is 3. The molecule has 5 nitrogen and oxygen atoms in total. The summed E-state index contributed by atoms with van der Waals surface area (Å²) in [6, 6.07) is 8.67. The van der Waals surface area contributed by atoms with Crippen molar-refractivity contribution in [1.29, 1.82) is 0 Å². The molecule has 0 radical (unpaired) electrons. The minimum atomic E-state index is -0.258. The molecular weight excluding hydrogens is 374 g/mol. The number of ether oxygens (including phenoxy) is 1. The third-order valence-electron chi connectivity index (χ3n) is 7.55. The fourth-order valence-electron chi connectivity index (χ4n) is 6.53. The van der Waals surface area contributed by atoms with E-state index in [1.165, 1.54) is 24.8 Å². The molecule has 5 heteroatoms. The van der Waals surface area contributed by atoms with Crippen LogP contribution in [0.2, 0.25) is 0 Å². The first-order chi connectivity index (χ1) is 14.3. The molecule has 0 spiro atoms. The molecule has 1 aromatic heterocycles. The van der Waals surface area contributed by atoms with Crippen molar-refractivity contribution in [2.24, 2.45) is 23.2 Å². The van der Waals surface area contributed by atoms with Crippen LogP contribution < -0.4 is 4.74 Å². The second-order valence-corrected chi connectivity index (χ2v) is 10.9. The van der Waals surface area contributed by atoms with E-state index in [9.17, 15) is 4.79 Å². The van der Waals surface area contributed by atoms with E-state index < -0.39 is 0 Å². The van der Waals surface area contributed by atoms with Crippen LogP contribution in [0.4, 0.5) is 0 Å². The first-order valence-electron chi connectivity index (χ1n) is 11.5. The largest absolute Gasteiger partial charge is 0.463 e. The van der Waals surface area contributed by atoms with Gasteiger partial charge in [-0.25, -0.2) is 0 Å². The fraction of sp³-hybridized carbons (Fsp3) is 0.640. The molecule has 2 aromatic rings. The van der Waals surface area contributed by atoms with Gasteiger partial charge in [0.1, 0.15) is 0 Å². The van der Waals surface area contributed by atoms with Gasteiger partial charge in [0.15, 0.2) is 5.82 Å². The third-order valence-corrected chi connectivity index (χ3v) is 7.55. The highest BCUT2D eigenvalue weighted by Crippen LogP contribution is 2.60. The van der Waals surface area contributed by atoms with Crippen LogP contribution in [0.25, 0.3) is 11.4 Å². The lowest BCUT2D eigenvalue weighted by molar-refractivity contribution is -0.0408. The Labute approximate surface area is 179 Å². The van der Waals surface area contributed by atoms with Crippen molar-refractivity contribution < 1.29 is 9.53 Å². The molecule has 4 bridgehead atoms. The number of rotatable bonds is 4. The lowest BCUT2D eigenvalue weighted by atomic mass is 9.49. The lowest BCUT2D eigenvalue weighted by Crippen LogP contribution is -2.51. The van der Waals surface area contributed by atoms with Gasteiger partial charge in [-0.3, -0.25) is 4.79 Å². The highest BCUT2D eigenvalue weighted by Gasteiger charge is 2.55. The Kier molecular flexibility index (Phi) is 4.57. The Hall–Kier alpha value is -2.17. The average molecular weight is 408 g/mol. The molecule has 6 rings (SSSR count). The molecule has 1 heterocycles. The Morgan fingerprint density at radius 3 is 2.13 bits per heavy atom. The van der Waals surface area contributed by atoms with Crippen molar-refractivity contribution >= 4 is 5.91 Å². The number of hydrogen-bond acceptors (Lipinski definition) is 4. The maximum atomic E-state index is 13.9. The molecule has 1 aromatic carbocycles. The summed E-state index contributed by atoms with van der Waals surface area (Å²) in [7, 11) is 0. The van der Waals surface area contributed by atoms with Gasteiger partial charge in [0.2, 0.25) is 0 Å². The zero-order valence-electron chi connectivity index (χ0n) is 18.6. The predicted octanol–water partition coefficient (Wildman–Crippen LogP) is 5.50. The first-order valence-corrected chi connectivity index (χ1v) is 11.5. The van der Waals surface area contributed by atoms with Crippen LogP contribution in [-0.4, -0.2) is 27.3 Å². The molecule has 0 atom stereocenters. The Morgan fingerprint density at radius 1 is 1.07 bits per heavy atom. The van der Waals surface area contributed by atoms with E-state index in [2.05, 4.69) is 55.1 Å². The molecule has 0 amide bonds. The Balaban J connectivity index is 1.53. The molecular formula is C25H33N3O2. The van der Waals surface area contributed by atoms with Gasteiger partial charge in [0.05, 0.1) is 12.0 Å². The Morgan fingerprint density at radius 2 is 1.63 bits per heavy atom. The van der Waals surface area contributed by atoms with Crippen molar-refractivity contribution in [1.82, 2.24) is 14.8 Å². The first kappa shape index (κ1) is 19.8. The van der Waals surface area contributed by atoms with Crippen molar-refractivity contribution in [3.05, 3.63) is 29.8 Å². The van der Waals surface area contributed by atoms with E-state index in [-0.39, 0.29) is 16.7 Å². The van der Waals surface area contributed by atoms with Crippen molar-refractivity contribution in [2.75, 3.05) is 6.61 Å². The molecule has 4 aliphatic carbocycles. The van der Waals surface area contributed by atoms with E-state index in [4.69, 9.17) is 4.74 Å². The van der Waals surface area contributed by atoms with Crippen molar-refractivity contribution in [3.8, 4) is 17.4 Å². The third kappa shape index (κ3) is 3.27. The molecule has 0 saturated heterocycles. The summed E-state index contributed by atoms with van der Waals surface area (Å²) in [5.41, 5.74) is 2.00. The molecule has 0 unspecified atom stereocenters. The van der Waals surface area contributed by atoms with Crippen LogP contribution in [0.1, 0.15) is 76.6 Å². The monoisotopic (exact) mass is 407 g/mol. The fourth-order valence-corrected chi connectivity index (χ4v) is 6.53. The second-order valence-electron chi connectivity index (χ2n) is 10.9. The Bertz CT molecular complexity index is 916. The number of aromatic nitrogens is 3. The van der Waals surface area contributed by atoms with Crippen LogP contribution in [-0.2, 0) is 5.41 Å². The van der Waals surface area contributed by atoms with Gasteiger partial charge in [-0.1, -0.05) is 45.0 Å². The minimum absolute atomic E-state index is 0.0811. The molecule has 4 fully saturated rings.